The number of hydrogen-bond donors (Lipinski definition) is 2. The minimum Gasteiger partial charge on any atom is -0.337 e. The number of rotatable bonds is 6. The third kappa shape index (κ3) is 5.52. The van der Waals surface area contributed by atoms with E-state index >= 15 is 0 Å². The van der Waals surface area contributed by atoms with Crippen LogP contribution in [0.2, 0.25) is 0 Å². The van der Waals surface area contributed by atoms with Crippen LogP contribution >= 0.6 is 0 Å². The molecule has 0 aliphatic carbocycles. The van der Waals surface area contributed by atoms with Crippen molar-refractivity contribution in [3.05, 3.63) is 230 Å². The highest BCUT2D eigenvalue weighted by Crippen LogP contribution is 2.45. The van der Waals surface area contributed by atoms with Crippen LogP contribution in [-0.2, 0) is 0 Å². The predicted molar refractivity (Wildman–Crippen MR) is 261 cm³/mol. The van der Waals surface area contributed by atoms with Crippen LogP contribution in [-0.4, -0.2) is 19.5 Å². The van der Waals surface area contributed by atoms with E-state index in [9.17, 15) is 0 Å². The number of para-hydroxylation sites is 4. The highest BCUT2D eigenvalue weighted by molar-refractivity contribution is 6.24. The Bertz CT molecular complexity index is 3730. The lowest BCUT2D eigenvalue weighted by Crippen LogP contribution is -2.47. The number of nitrogens with zero attached hydrogens (tertiary/aromatic N) is 4. The van der Waals surface area contributed by atoms with Crippen LogP contribution in [0.25, 0.3) is 87.9 Å². The van der Waals surface area contributed by atoms with Crippen LogP contribution < -0.4 is 10.6 Å². The molecule has 63 heavy (non-hydrogen) atoms. The number of nitrogens with one attached hydrogen (secondary N) is 2. The molecule has 2 N–H and O–H groups in total. The van der Waals surface area contributed by atoms with Gasteiger partial charge < -0.3 is 19.0 Å². The number of hydrogen-bond acceptors (Lipinski definition) is 3. The van der Waals surface area contributed by atoms with Crippen LogP contribution in [0.3, 0.4) is 0 Å². The van der Waals surface area contributed by atoms with Crippen molar-refractivity contribution in [1.29, 1.82) is 0 Å². The highest BCUT2D eigenvalue weighted by atomic mass is 15.4. The summed E-state index contributed by atoms with van der Waals surface area (Å²) in [7, 11) is 0. The summed E-state index contributed by atoms with van der Waals surface area (Å²) in [5.74, 6) is 0.846. The van der Waals surface area contributed by atoms with Gasteiger partial charge in [0.15, 0.2) is 6.29 Å². The van der Waals surface area contributed by atoms with E-state index in [-0.39, 0.29) is 12.5 Å². The maximum absolute atomic E-state index is 5.30. The minimum absolute atomic E-state index is 0.289. The summed E-state index contributed by atoms with van der Waals surface area (Å²) in [6, 6.07) is 78.7. The van der Waals surface area contributed by atoms with Crippen molar-refractivity contribution in [1.82, 2.24) is 24.3 Å². The molecule has 2 atom stereocenters. The summed E-state index contributed by atoms with van der Waals surface area (Å²) < 4.78 is 7.44. The molecular formula is C57H40N6. The lowest BCUT2D eigenvalue weighted by Gasteiger charge is -2.33. The van der Waals surface area contributed by atoms with E-state index in [1.54, 1.807) is 0 Å². The summed E-state index contributed by atoms with van der Waals surface area (Å²) in [5, 5.41) is 15.1. The second kappa shape index (κ2) is 14.2. The molecule has 6 heteroatoms. The SMILES string of the molecule is c1ccc(C2=NC(c3ccccc3)NC(n3c4ccccc4c4ccc5c6ccccc6n(-c6cc7c8ccccc8n(-c8ccccc8)c7cc6-c6ccccc6)c5c43)N2)cc1. The number of aliphatic imine (C=N–C) groups is 1. The summed E-state index contributed by atoms with van der Waals surface area (Å²) in [6.45, 7) is 0. The van der Waals surface area contributed by atoms with Gasteiger partial charge in [-0.3, -0.25) is 5.32 Å². The third-order valence-electron chi connectivity index (χ3n) is 12.9. The Morgan fingerprint density at radius 3 is 1.60 bits per heavy atom. The second-order valence-corrected chi connectivity index (χ2v) is 16.4. The van der Waals surface area contributed by atoms with Crippen molar-refractivity contribution in [3.8, 4) is 22.5 Å². The molecule has 0 radical (unpaired) electrons. The number of amidine groups is 1. The van der Waals surface area contributed by atoms with Gasteiger partial charge in [0.05, 0.1) is 38.8 Å². The quantitative estimate of drug-likeness (QED) is 0.176. The monoisotopic (exact) mass is 808 g/mol. The van der Waals surface area contributed by atoms with Crippen LogP contribution in [0.5, 0.6) is 0 Å². The fraction of sp³-hybridized carbons (Fsp3) is 0.0351. The lowest BCUT2D eigenvalue weighted by molar-refractivity contribution is 0.330. The van der Waals surface area contributed by atoms with E-state index < -0.39 is 0 Å². The van der Waals surface area contributed by atoms with Crippen molar-refractivity contribution in [2.75, 3.05) is 0 Å². The lowest BCUT2D eigenvalue weighted by atomic mass is 10.0. The first-order valence-corrected chi connectivity index (χ1v) is 21.6. The van der Waals surface area contributed by atoms with Crippen molar-refractivity contribution in [2.45, 2.75) is 12.5 Å². The summed E-state index contributed by atoms with van der Waals surface area (Å²) in [5.41, 5.74) is 13.6. The molecule has 2 unspecified atom stereocenters. The zero-order valence-corrected chi connectivity index (χ0v) is 34.2. The molecule has 12 aromatic rings. The molecule has 6 nitrogen and oxygen atoms in total. The summed E-state index contributed by atoms with van der Waals surface area (Å²) >= 11 is 0. The average Bonchev–Trinajstić information content (AvgIpc) is 4.00. The van der Waals surface area contributed by atoms with E-state index in [1.807, 2.05) is 0 Å². The standard InChI is InChI=1S/C57H40N6/c1-5-19-37(20-6-1)46-35-52-47(43-29-15-16-30-48(43)61(52)40-25-11-4-12-26-40)36-51(46)62-49-31-17-13-27-41(49)44-33-34-45-42-28-14-18-32-50(42)63(54(45)53(44)62)57-59-55(38-21-7-2-8-22-38)58-56(60-57)39-23-9-3-10-24-39/h1-36,55,57,59H,(H,58,60). The summed E-state index contributed by atoms with van der Waals surface area (Å²) in [6.07, 6.45) is -0.648. The maximum atomic E-state index is 5.30. The minimum atomic E-state index is -0.359. The average molecular weight is 809 g/mol. The Morgan fingerprint density at radius 1 is 0.397 bits per heavy atom. The van der Waals surface area contributed by atoms with Crippen LogP contribution in [0, 0.1) is 0 Å². The zero-order chi connectivity index (χ0) is 41.4. The molecule has 298 valence electrons. The smallest absolute Gasteiger partial charge is 0.162 e. The normalized spacial score (nSPS) is 15.5. The van der Waals surface area contributed by atoms with Gasteiger partial charge in [-0.05, 0) is 53.6 Å². The molecule has 0 spiro atoms. The van der Waals surface area contributed by atoms with E-state index in [0.717, 1.165) is 61.5 Å². The topological polar surface area (TPSA) is 51.2 Å². The van der Waals surface area contributed by atoms with Gasteiger partial charge in [0, 0.05) is 49.1 Å². The highest BCUT2D eigenvalue weighted by Gasteiger charge is 2.30. The molecule has 0 saturated carbocycles. The molecule has 3 aromatic heterocycles. The number of aromatic nitrogens is 3. The van der Waals surface area contributed by atoms with E-state index in [0.29, 0.717) is 0 Å². The second-order valence-electron chi connectivity index (χ2n) is 16.4. The zero-order valence-electron chi connectivity index (χ0n) is 34.2. The molecule has 9 aromatic carbocycles. The van der Waals surface area contributed by atoms with Gasteiger partial charge in [-0.2, -0.15) is 0 Å². The molecule has 0 bridgehead atoms. The van der Waals surface area contributed by atoms with Gasteiger partial charge in [-0.25, -0.2) is 4.99 Å². The molecule has 1 aliphatic heterocycles. The Balaban J connectivity index is 1.16. The fourth-order valence-corrected chi connectivity index (χ4v) is 10.2. The van der Waals surface area contributed by atoms with Gasteiger partial charge in [0.1, 0.15) is 12.0 Å². The first-order chi connectivity index (χ1) is 31.3. The van der Waals surface area contributed by atoms with Crippen molar-refractivity contribution >= 4 is 71.3 Å². The van der Waals surface area contributed by atoms with Crippen LogP contribution in [0.4, 0.5) is 0 Å². The first-order valence-electron chi connectivity index (χ1n) is 21.6. The Hall–Kier alpha value is -8.19. The Labute approximate surface area is 363 Å². The maximum Gasteiger partial charge on any atom is 0.162 e. The van der Waals surface area contributed by atoms with E-state index in [2.05, 4.69) is 243 Å². The predicted octanol–water partition coefficient (Wildman–Crippen LogP) is 13.5. The van der Waals surface area contributed by atoms with Crippen molar-refractivity contribution in [2.24, 2.45) is 4.99 Å². The molecule has 13 rings (SSSR count). The first kappa shape index (κ1) is 35.6. The third-order valence-corrected chi connectivity index (χ3v) is 12.9. The molecule has 0 fully saturated rings. The van der Waals surface area contributed by atoms with Crippen molar-refractivity contribution in [3.63, 3.8) is 0 Å². The van der Waals surface area contributed by atoms with Gasteiger partial charge in [-0.15, -0.1) is 0 Å². The largest absolute Gasteiger partial charge is 0.337 e. The van der Waals surface area contributed by atoms with Gasteiger partial charge in [-0.1, -0.05) is 176 Å². The molecule has 0 saturated heterocycles. The Morgan fingerprint density at radius 2 is 0.921 bits per heavy atom. The van der Waals surface area contributed by atoms with Gasteiger partial charge in [0.2, 0.25) is 0 Å². The molecular weight excluding hydrogens is 769 g/mol. The van der Waals surface area contributed by atoms with Crippen LogP contribution in [0.15, 0.2) is 223 Å². The fourth-order valence-electron chi connectivity index (χ4n) is 10.2. The van der Waals surface area contributed by atoms with Crippen LogP contribution in [0.1, 0.15) is 23.6 Å². The van der Waals surface area contributed by atoms with E-state index in [4.69, 9.17) is 4.99 Å². The molecule has 0 amide bonds. The van der Waals surface area contributed by atoms with Crippen molar-refractivity contribution < 1.29 is 0 Å². The number of fused-ring (bicyclic) bond motifs is 10. The summed E-state index contributed by atoms with van der Waals surface area (Å²) in [4.78, 5) is 5.30. The van der Waals surface area contributed by atoms with E-state index in [1.165, 1.54) is 43.4 Å². The Kier molecular flexibility index (Phi) is 8.01. The van der Waals surface area contributed by atoms with Gasteiger partial charge >= 0.3 is 0 Å². The van der Waals surface area contributed by atoms with Gasteiger partial charge in [0.25, 0.3) is 0 Å². The number of benzene rings is 9. The molecule has 4 heterocycles. The molecule has 1 aliphatic rings.